The summed E-state index contributed by atoms with van der Waals surface area (Å²) in [5.41, 5.74) is 0.886. The molecule has 0 atom stereocenters. The second-order valence-electron chi connectivity index (χ2n) is 4.51. The fourth-order valence-electron chi connectivity index (χ4n) is 1.08. The maximum atomic E-state index is 11.6. The van der Waals surface area contributed by atoms with Crippen molar-refractivity contribution in [3.63, 3.8) is 0 Å². The Kier molecular flexibility index (Phi) is 4.55. The number of carbonyl (C=O) groups is 1. The highest BCUT2D eigenvalue weighted by atomic mass is 79.9. The minimum atomic E-state index is -0.523. The Bertz CT molecular complexity index is 442. The molecule has 0 fully saturated rings. The first-order valence-electron chi connectivity index (χ1n) is 5.01. The lowest BCUT2D eigenvalue weighted by Crippen LogP contribution is -2.27. The van der Waals surface area contributed by atoms with Crippen LogP contribution in [0.3, 0.4) is 0 Å². The number of nitrogens with zero attached hydrogens (tertiary/aromatic N) is 1. The minimum Gasteiger partial charge on any atom is -0.444 e. The van der Waals surface area contributed by atoms with Gasteiger partial charge < -0.3 is 4.74 Å². The number of aromatic nitrogens is 1. The molecule has 1 N–H and O–H groups in total. The van der Waals surface area contributed by atoms with Gasteiger partial charge in [0, 0.05) is 6.20 Å². The predicted octanol–water partition coefficient (Wildman–Crippen LogP) is 4.26. The molecule has 1 heterocycles. The monoisotopic (exact) mass is 364 g/mol. The first-order valence-corrected chi connectivity index (χ1v) is 6.60. The molecule has 0 aromatic carbocycles. The average Bonchev–Trinajstić information content (AvgIpc) is 2.16. The molecule has 1 amide bonds. The zero-order valence-corrected chi connectivity index (χ0v) is 13.3. The fraction of sp³-hybridized carbons (Fsp3) is 0.455. The SMILES string of the molecule is Cc1ncc(Br)c(NC(=O)OC(C)(C)C)c1Br. The van der Waals surface area contributed by atoms with E-state index >= 15 is 0 Å². The summed E-state index contributed by atoms with van der Waals surface area (Å²) in [6, 6.07) is 0. The zero-order valence-electron chi connectivity index (χ0n) is 10.1. The molecule has 0 saturated heterocycles. The molecule has 0 aliphatic carbocycles. The van der Waals surface area contributed by atoms with Crippen LogP contribution in [0, 0.1) is 6.92 Å². The normalized spacial score (nSPS) is 11.2. The number of aryl methyl sites for hydroxylation is 1. The lowest BCUT2D eigenvalue weighted by molar-refractivity contribution is 0.0635. The molecule has 17 heavy (non-hydrogen) atoms. The van der Waals surface area contributed by atoms with Crippen LogP contribution in [0.15, 0.2) is 15.1 Å². The molecule has 0 spiro atoms. The van der Waals surface area contributed by atoms with Crippen molar-refractivity contribution in [1.29, 1.82) is 0 Å². The van der Waals surface area contributed by atoms with Crippen LogP contribution < -0.4 is 5.32 Å². The Morgan fingerprint density at radius 3 is 2.53 bits per heavy atom. The zero-order chi connectivity index (χ0) is 13.2. The van der Waals surface area contributed by atoms with Crippen LogP contribution >= 0.6 is 31.9 Å². The summed E-state index contributed by atoms with van der Waals surface area (Å²) in [7, 11) is 0. The van der Waals surface area contributed by atoms with Gasteiger partial charge >= 0.3 is 6.09 Å². The van der Waals surface area contributed by atoms with Crippen molar-refractivity contribution in [2.24, 2.45) is 0 Å². The number of rotatable bonds is 1. The summed E-state index contributed by atoms with van der Waals surface area (Å²) in [5.74, 6) is 0. The first-order chi connectivity index (χ1) is 7.70. The summed E-state index contributed by atoms with van der Waals surface area (Å²) < 4.78 is 6.61. The second kappa shape index (κ2) is 5.35. The van der Waals surface area contributed by atoms with Crippen LogP contribution in [0.1, 0.15) is 26.5 Å². The Balaban J connectivity index is 2.89. The third-order valence-corrected chi connectivity index (χ3v) is 3.35. The molecule has 4 nitrogen and oxygen atoms in total. The number of ether oxygens (including phenoxy) is 1. The van der Waals surface area contributed by atoms with Crippen LogP contribution in [-0.4, -0.2) is 16.7 Å². The molecule has 0 unspecified atom stereocenters. The van der Waals surface area contributed by atoms with Gasteiger partial charge in [-0.3, -0.25) is 10.3 Å². The Hall–Kier alpha value is -0.620. The van der Waals surface area contributed by atoms with Gasteiger partial charge in [0.2, 0.25) is 0 Å². The number of hydrogen-bond acceptors (Lipinski definition) is 3. The van der Waals surface area contributed by atoms with E-state index in [1.165, 1.54) is 0 Å². The molecular weight excluding hydrogens is 352 g/mol. The number of carbonyl (C=O) groups excluding carboxylic acids is 1. The highest BCUT2D eigenvalue weighted by Gasteiger charge is 2.18. The van der Waals surface area contributed by atoms with Crippen LogP contribution in [0.4, 0.5) is 10.5 Å². The molecule has 1 aromatic heterocycles. The molecule has 0 radical (unpaired) electrons. The lowest BCUT2D eigenvalue weighted by Gasteiger charge is -2.20. The van der Waals surface area contributed by atoms with Crippen molar-refractivity contribution < 1.29 is 9.53 Å². The first kappa shape index (κ1) is 14.4. The number of halogens is 2. The lowest BCUT2D eigenvalue weighted by atomic mass is 10.2. The minimum absolute atomic E-state index is 0.496. The van der Waals surface area contributed by atoms with Gasteiger partial charge in [0.05, 0.1) is 20.3 Å². The quantitative estimate of drug-likeness (QED) is 0.808. The summed E-state index contributed by atoms with van der Waals surface area (Å²) in [6.45, 7) is 7.29. The largest absolute Gasteiger partial charge is 0.444 e. The number of hydrogen-bond donors (Lipinski definition) is 1. The van der Waals surface area contributed by atoms with Gasteiger partial charge in [-0.2, -0.15) is 0 Å². The molecule has 1 aromatic rings. The van der Waals surface area contributed by atoms with Gasteiger partial charge in [-0.05, 0) is 59.6 Å². The van der Waals surface area contributed by atoms with E-state index < -0.39 is 11.7 Å². The van der Waals surface area contributed by atoms with Gasteiger partial charge in [0.15, 0.2) is 0 Å². The standard InChI is InChI=1S/C11H14Br2N2O2/c1-6-8(13)9(7(12)5-14-6)15-10(16)17-11(2,3)4/h5H,1-4H3,(H,14,15,16). The molecule has 1 rings (SSSR count). The number of nitrogens with one attached hydrogen (secondary N) is 1. The molecule has 0 bridgehead atoms. The predicted molar refractivity (Wildman–Crippen MR) is 74.2 cm³/mol. The molecule has 0 aliphatic heterocycles. The van der Waals surface area contributed by atoms with Gasteiger partial charge in [-0.15, -0.1) is 0 Å². The van der Waals surface area contributed by atoms with E-state index in [2.05, 4.69) is 42.2 Å². The van der Waals surface area contributed by atoms with Crippen molar-refractivity contribution in [3.8, 4) is 0 Å². The third kappa shape index (κ3) is 4.27. The summed E-state index contributed by atoms with van der Waals surface area (Å²) in [4.78, 5) is 15.8. The van der Waals surface area contributed by atoms with E-state index in [1.54, 1.807) is 6.20 Å². The maximum absolute atomic E-state index is 11.6. The highest BCUT2D eigenvalue weighted by molar-refractivity contribution is 9.11. The second-order valence-corrected chi connectivity index (χ2v) is 6.15. The molecule has 6 heteroatoms. The van der Waals surface area contributed by atoms with Gasteiger partial charge in [-0.25, -0.2) is 4.79 Å². The Labute approximate surface area is 117 Å². The smallest absolute Gasteiger partial charge is 0.412 e. The van der Waals surface area contributed by atoms with E-state index in [9.17, 15) is 4.79 Å². The third-order valence-electron chi connectivity index (χ3n) is 1.77. The summed E-state index contributed by atoms with van der Waals surface area (Å²) >= 11 is 6.70. The van der Waals surface area contributed by atoms with Gasteiger partial charge in [0.1, 0.15) is 5.60 Å². The van der Waals surface area contributed by atoms with Crippen molar-refractivity contribution in [2.75, 3.05) is 5.32 Å². The van der Waals surface area contributed by atoms with E-state index in [1.807, 2.05) is 27.7 Å². The van der Waals surface area contributed by atoms with Crippen molar-refractivity contribution in [1.82, 2.24) is 4.98 Å². The molecule has 94 valence electrons. The Morgan fingerprint density at radius 2 is 2.00 bits per heavy atom. The fourth-order valence-corrected chi connectivity index (χ4v) is 2.16. The maximum Gasteiger partial charge on any atom is 0.412 e. The van der Waals surface area contributed by atoms with Gasteiger partial charge in [0.25, 0.3) is 0 Å². The Morgan fingerprint density at radius 1 is 1.41 bits per heavy atom. The van der Waals surface area contributed by atoms with E-state index in [4.69, 9.17) is 4.74 Å². The topological polar surface area (TPSA) is 51.2 Å². The average molecular weight is 366 g/mol. The van der Waals surface area contributed by atoms with E-state index in [0.29, 0.717) is 10.2 Å². The van der Waals surface area contributed by atoms with Crippen LogP contribution in [-0.2, 0) is 4.74 Å². The van der Waals surface area contributed by atoms with Crippen LogP contribution in [0.5, 0.6) is 0 Å². The van der Waals surface area contributed by atoms with Crippen molar-refractivity contribution in [3.05, 3.63) is 20.8 Å². The van der Waals surface area contributed by atoms with Crippen LogP contribution in [0.2, 0.25) is 0 Å². The molecule has 0 saturated carbocycles. The van der Waals surface area contributed by atoms with Crippen LogP contribution in [0.25, 0.3) is 0 Å². The number of pyridine rings is 1. The number of amides is 1. The summed E-state index contributed by atoms with van der Waals surface area (Å²) in [6.07, 6.45) is 1.14. The van der Waals surface area contributed by atoms with E-state index in [0.717, 1.165) is 10.2 Å². The van der Waals surface area contributed by atoms with E-state index in [-0.39, 0.29) is 0 Å². The van der Waals surface area contributed by atoms with Crippen molar-refractivity contribution in [2.45, 2.75) is 33.3 Å². The highest BCUT2D eigenvalue weighted by Crippen LogP contribution is 2.32. The summed E-state index contributed by atoms with van der Waals surface area (Å²) in [5, 5.41) is 2.68. The van der Waals surface area contributed by atoms with Gasteiger partial charge in [-0.1, -0.05) is 0 Å². The molecule has 0 aliphatic rings. The molecular formula is C11H14Br2N2O2. The number of anilines is 1. The van der Waals surface area contributed by atoms with Crippen molar-refractivity contribution >= 4 is 43.6 Å².